The monoisotopic (exact) mass is 329 g/mol. The van der Waals surface area contributed by atoms with Crippen molar-refractivity contribution in [1.82, 2.24) is 4.90 Å². The van der Waals surface area contributed by atoms with Gasteiger partial charge in [-0.3, -0.25) is 4.90 Å². The highest BCUT2D eigenvalue weighted by molar-refractivity contribution is 5.63. The van der Waals surface area contributed by atoms with Gasteiger partial charge in [0.05, 0.1) is 0 Å². The molecule has 126 valence electrons. The Kier molecular flexibility index (Phi) is 4.64. The second-order valence-corrected chi connectivity index (χ2v) is 6.72. The van der Waals surface area contributed by atoms with Gasteiger partial charge in [-0.2, -0.15) is 0 Å². The molecule has 2 heteroatoms. The number of hydrogen-bond acceptors (Lipinski definition) is 2. The maximum atomic E-state index is 10.4. The Morgan fingerprint density at radius 3 is 2.00 bits per heavy atom. The molecule has 0 spiro atoms. The Morgan fingerprint density at radius 1 is 0.720 bits per heavy atom. The van der Waals surface area contributed by atoms with E-state index in [0.29, 0.717) is 0 Å². The standard InChI is InChI=1S/C23H23NO/c25-23-16-15-22(24(23)17-18-7-3-1-4-8-18)21-13-11-20(12-14-21)19-9-5-2-6-10-19/h1-14,22-23,25H,15-17H2. The Morgan fingerprint density at radius 2 is 1.32 bits per heavy atom. The molecule has 1 saturated heterocycles. The summed E-state index contributed by atoms with van der Waals surface area (Å²) < 4.78 is 0. The molecule has 2 atom stereocenters. The molecule has 0 aliphatic carbocycles. The first kappa shape index (κ1) is 16.1. The maximum absolute atomic E-state index is 10.4. The zero-order chi connectivity index (χ0) is 17.1. The van der Waals surface area contributed by atoms with Crippen LogP contribution in [0.15, 0.2) is 84.9 Å². The van der Waals surface area contributed by atoms with Crippen LogP contribution in [0, 0.1) is 0 Å². The van der Waals surface area contributed by atoms with Crippen LogP contribution >= 0.6 is 0 Å². The van der Waals surface area contributed by atoms with Crippen LogP contribution in [-0.4, -0.2) is 16.2 Å². The van der Waals surface area contributed by atoms with Crippen molar-refractivity contribution in [2.45, 2.75) is 31.7 Å². The molecule has 1 fully saturated rings. The maximum Gasteiger partial charge on any atom is 0.108 e. The van der Waals surface area contributed by atoms with E-state index >= 15 is 0 Å². The molecule has 1 N–H and O–H groups in total. The second-order valence-electron chi connectivity index (χ2n) is 6.72. The number of aliphatic hydroxyl groups is 1. The highest BCUT2D eigenvalue weighted by atomic mass is 16.3. The third-order valence-corrected chi connectivity index (χ3v) is 5.09. The largest absolute Gasteiger partial charge is 0.378 e. The predicted molar refractivity (Wildman–Crippen MR) is 102 cm³/mol. The Bertz CT molecular complexity index is 799. The number of aliphatic hydroxyl groups excluding tert-OH is 1. The van der Waals surface area contributed by atoms with Crippen molar-refractivity contribution < 1.29 is 5.11 Å². The van der Waals surface area contributed by atoms with Crippen LogP contribution < -0.4 is 0 Å². The summed E-state index contributed by atoms with van der Waals surface area (Å²) in [6.07, 6.45) is 1.47. The molecular weight excluding hydrogens is 306 g/mol. The van der Waals surface area contributed by atoms with Gasteiger partial charge in [-0.25, -0.2) is 0 Å². The minimum Gasteiger partial charge on any atom is -0.378 e. The highest BCUT2D eigenvalue weighted by Gasteiger charge is 2.32. The van der Waals surface area contributed by atoms with Crippen molar-refractivity contribution in [3.63, 3.8) is 0 Å². The Hall–Kier alpha value is -2.42. The predicted octanol–water partition coefficient (Wildman–Crippen LogP) is 5.01. The minimum absolute atomic E-state index is 0.278. The summed E-state index contributed by atoms with van der Waals surface area (Å²) in [4.78, 5) is 2.22. The Labute approximate surface area is 149 Å². The lowest BCUT2D eigenvalue weighted by Crippen LogP contribution is -2.30. The fourth-order valence-electron chi connectivity index (χ4n) is 3.74. The molecule has 1 aliphatic heterocycles. The lowest BCUT2D eigenvalue weighted by Gasteiger charge is -2.28. The molecule has 2 nitrogen and oxygen atoms in total. The van der Waals surface area contributed by atoms with Crippen LogP contribution in [-0.2, 0) is 6.54 Å². The number of hydrogen-bond donors (Lipinski definition) is 1. The first-order valence-electron chi connectivity index (χ1n) is 8.94. The average molecular weight is 329 g/mol. The van der Waals surface area contributed by atoms with Crippen molar-refractivity contribution in [1.29, 1.82) is 0 Å². The molecule has 2 unspecified atom stereocenters. The number of rotatable bonds is 4. The first-order valence-corrected chi connectivity index (χ1v) is 8.94. The van der Waals surface area contributed by atoms with Gasteiger partial charge in [-0.05, 0) is 35.1 Å². The van der Waals surface area contributed by atoms with Gasteiger partial charge in [0.25, 0.3) is 0 Å². The number of likely N-dealkylation sites (tertiary alicyclic amines) is 1. The average Bonchev–Trinajstić information content (AvgIpc) is 3.04. The van der Waals surface area contributed by atoms with Gasteiger partial charge < -0.3 is 5.11 Å². The van der Waals surface area contributed by atoms with Crippen molar-refractivity contribution in [2.75, 3.05) is 0 Å². The van der Waals surface area contributed by atoms with Gasteiger partial charge in [0.1, 0.15) is 6.23 Å². The van der Waals surface area contributed by atoms with Gasteiger partial charge in [0.15, 0.2) is 0 Å². The molecule has 1 aliphatic rings. The third kappa shape index (κ3) is 3.51. The van der Waals surface area contributed by atoms with Crippen molar-refractivity contribution in [2.24, 2.45) is 0 Å². The second kappa shape index (κ2) is 7.22. The van der Waals surface area contributed by atoms with E-state index in [-0.39, 0.29) is 12.3 Å². The summed E-state index contributed by atoms with van der Waals surface area (Å²) in [6, 6.07) is 29.9. The lowest BCUT2D eigenvalue weighted by atomic mass is 9.99. The fourth-order valence-corrected chi connectivity index (χ4v) is 3.74. The summed E-state index contributed by atoms with van der Waals surface area (Å²) in [6.45, 7) is 0.785. The molecule has 3 aromatic carbocycles. The van der Waals surface area contributed by atoms with E-state index in [1.54, 1.807) is 0 Å². The normalized spacial score (nSPS) is 20.7. The van der Waals surface area contributed by atoms with Crippen LogP contribution in [0.3, 0.4) is 0 Å². The van der Waals surface area contributed by atoms with Gasteiger partial charge >= 0.3 is 0 Å². The molecule has 1 heterocycles. The quantitative estimate of drug-likeness (QED) is 0.727. The minimum atomic E-state index is -0.362. The van der Waals surface area contributed by atoms with E-state index in [9.17, 15) is 5.11 Å². The number of benzene rings is 3. The van der Waals surface area contributed by atoms with Crippen molar-refractivity contribution >= 4 is 0 Å². The van der Waals surface area contributed by atoms with Crippen LogP contribution in [0.4, 0.5) is 0 Å². The summed E-state index contributed by atoms with van der Waals surface area (Å²) in [5, 5.41) is 10.4. The smallest absolute Gasteiger partial charge is 0.108 e. The SMILES string of the molecule is OC1CCC(c2ccc(-c3ccccc3)cc2)N1Cc1ccccc1. The molecule has 25 heavy (non-hydrogen) atoms. The molecule has 0 bridgehead atoms. The van der Waals surface area contributed by atoms with Crippen molar-refractivity contribution in [3.05, 3.63) is 96.1 Å². The summed E-state index contributed by atoms with van der Waals surface area (Å²) in [5.74, 6) is 0. The molecule has 3 aromatic rings. The lowest BCUT2D eigenvalue weighted by molar-refractivity contribution is 0.0107. The molecule has 0 saturated carbocycles. The van der Waals surface area contributed by atoms with E-state index in [1.807, 2.05) is 12.1 Å². The van der Waals surface area contributed by atoms with E-state index in [1.165, 1.54) is 22.3 Å². The zero-order valence-corrected chi connectivity index (χ0v) is 14.3. The van der Waals surface area contributed by atoms with E-state index in [0.717, 1.165) is 19.4 Å². The molecule has 4 rings (SSSR count). The fraction of sp³-hybridized carbons (Fsp3) is 0.217. The zero-order valence-electron chi connectivity index (χ0n) is 14.3. The third-order valence-electron chi connectivity index (χ3n) is 5.09. The molecule has 0 aromatic heterocycles. The van der Waals surface area contributed by atoms with Gasteiger partial charge in [0, 0.05) is 12.6 Å². The topological polar surface area (TPSA) is 23.5 Å². The highest BCUT2D eigenvalue weighted by Crippen LogP contribution is 2.37. The number of nitrogens with zero attached hydrogens (tertiary/aromatic N) is 1. The summed E-state index contributed by atoms with van der Waals surface area (Å²) >= 11 is 0. The van der Waals surface area contributed by atoms with Crippen LogP contribution in [0.2, 0.25) is 0 Å². The van der Waals surface area contributed by atoms with Gasteiger partial charge in [0.2, 0.25) is 0 Å². The van der Waals surface area contributed by atoms with Crippen LogP contribution in [0.1, 0.15) is 30.0 Å². The van der Waals surface area contributed by atoms with E-state index < -0.39 is 0 Å². The first-order chi connectivity index (χ1) is 12.3. The van der Waals surface area contributed by atoms with E-state index in [2.05, 4.69) is 77.7 Å². The van der Waals surface area contributed by atoms with Crippen LogP contribution in [0.5, 0.6) is 0 Å². The molecule has 0 amide bonds. The van der Waals surface area contributed by atoms with Crippen LogP contribution in [0.25, 0.3) is 11.1 Å². The van der Waals surface area contributed by atoms with Crippen molar-refractivity contribution in [3.8, 4) is 11.1 Å². The summed E-state index contributed by atoms with van der Waals surface area (Å²) in [5.41, 5.74) is 5.00. The van der Waals surface area contributed by atoms with E-state index in [4.69, 9.17) is 0 Å². The molecular formula is C23H23NO. The Balaban J connectivity index is 1.55. The summed E-state index contributed by atoms with van der Waals surface area (Å²) in [7, 11) is 0. The molecule has 0 radical (unpaired) electrons. The van der Waals surface area contributed by atoms with Gasteiger partial charge in [-0.1, -0.05) is 84.9 Å². The van der Waals surface area contributed by atoms with Gasteiger partial charge in [-0.15, -0.1) is 0 Å².